The van der Waals surface area contributed by atoms with Crippen LogP contribution in [0.3, 0.4) is 0 Å². The van der Waals surface area contributed by atoms with Gasteiger partial charge in [-0.3, -0.25) is 9.59 Å². The fraction of sp³-hybridized carbons (Fsp3) is 0.368. The van der Waals surface area contributed by atoms with Gasteiger partial charge in [0.25, 0.3) is 0 Å². The lowest BCUT2D eigenvalue weighted by atomic mass is 9.87. The molecule has 0 saturated carbocycles. The number of methoxy groups -OCH3 is 2. The van der Waals surface area contributed by atoms with Crippen LogP contribution in [0.1, 0.15) is 31.4 Å². The maximum Gasteiger partial charge on any atom is 0.228 e. The second kappa shape index (κ2) is 7.27. The Hall–Kier alpha value is -2.36. The van der Waals surface area contributed by atoms with Crippen LogP contribution >= 0.6 is 0 Å². The zero-order chi connectivity index (χ0) is 17.0. The van der Waals surface area contributed by atoms with Gasteiger partial charge in [-0.2, -0.15) is 0 Å². The Labute approximate surface area is 136 Å². The number of Topliss-reactive ketones (excluding diaryl/α,β-unsaturated/α-hetero) is 2. The SMILES string of the molecule is CCCc1ccccc1CC1=C(C)C(=O)C(OC)=C(OC)C1=O. The third kappa shape index (κ3) is 3.21. The summed E-state index contributed by atoms with van der Waals surface area (Å²) in [4.78, 5) is 25.1. The Kier molecular flexibility index (Phi) is 5.37. The van der Waals surface area contributed by atoms with E-state index in [0.29, 0.717) is 17.6 Å². The first-order valence-electron chi connectivity index (χ1n) is 7.73. The molecule has 0 saturated heterocycles. The van der Waals surface area contributed by atoms with Gasteiger partial charge in [-0.1, -0.05) is 37.6 Å². The van der Waals surface area contributed by atoms with E-state index in [-0.39, 0.29) is 23.1 Å². The summed E-state index contributed by atoms with van der Waals surface area (Å²) in [7, 11) is 2.75. The summed E-state index contributed by atoms with van der Waals surface area (Å²) in [6.45, 7) is 3.79. The Bertz CT molecular complexity index is 695. The van der Waals surface area contributed by atoms with Gasteiger partial charge in [0.1, 0.15) is 0 Å². The topological polar surface area (TPSA) is 52.6 Å². The second-order valence-corrected chi connectivity index (χ2v) is 5.52. The van der Waals surface area contributed by atoms with Crippen LogP contribution in [0.2, 0.25) is 0 Å². The molecule has 0 radical (unpaired) electrons. The number of aryl methyl sites for hydroxylation is 1. The van der Waals surface area contributed by atoms with Gasteiger partial charge >= 0.3 is 0 Å². The monoisotopic (exact) mass is 314 g/mol. The van der Waals surface area contributed by atoms with Crippen molar-refractivity contribution in [2.45, 2.75) is 33.1 Å². The highest BCUT2D eigenvalue weighted by Crippen LogP contribution is 2.28. The van der Waals surface area contributed by atoms with Crippen molar-refractivity contribution in [3.05, 3.63) is 58.1 Å². The Morgan fingerprint density at radius 1 is 0.913 bits per heavy atom. The highest BCUT2D eigenvalue weighted by molar-refractivity contribution is 6.23. The molecule has 2 rings (SSSR count). The predicted octanol–water partition coefficient (Wildman–Crippen LogP) is 3.15. The summed E-state index contributed by atoms with van der Waals surface area (Å²) in [5, 5.41) is 0. The highest BCUT2D eigenvalue weighted by atomic mass is 16.5. The summed E-state index contributed by atoms with van der Waals surface area (Å²) >= 11 is 0. The normalized spacial score (nSPS) is 15.3. The Morgan fingerprint density at radius 2 is 1.48 bits per heavy atom. The molecule has 4 nitrogen and oxygen atoms in total. The van der Waals surface area contributed by atoms with Crippen LogP contribution in [0.15, 0.2) is 46.9 Å². The van der Waals surface area contributed by atoms with Gasteiger partial charge < -0.3 is 9.47 Å². The summed E-state index contributed by atoms with van der Waals surface area (Å²) in [6, 6.07) is 8.02. The maximum atomic E-state index is 12.7. The molecule has 1 aromatic carbocycles. The van der Waals surface area contributed by atoms with E-state index in [9.17, 15) is 9.59 Å². The Morgan fingerprint density at radius 3 is 2.04 bits per heavy atom. The lowest BCUT2D eigenvalue weighted by Crippen LogP contribution is -2.26. The van der Waals surface area contributed by atoms with Crippen LogP contribution in [0.4, 0.5) is 0 Å². The molecule has 0 bridgehead atoms. The van der Waals surface area contributed by atoms with Crippen molar-refractivity contribution in [1.82, 2.24) is 0 Å². The summed E-state index contributed by atoms with van der Waals surface area (Å²) < 4.78 is 10.2. The Balaban J connectivity index is 2.42. The van der Waals surface area contributed by atoms with Gasteiger partial charge in [0, 0.05) is 17.6 Å². The minimum atomic E-state index is -0.285. The summed E-state index contributed by atoms with van der Waals surface area (Å²) in [5.41, 5.74) is 3.19. The number of allylic oxidation sites excluding steroid dienone is 2. The molecule has 1 aromatic rings. The number of carbonyl (C=O) groups is 2. The van der Waals surface area contributed by atoms with Crippen LogP contribution in [0.5, 0.6) is 0 Å². The molecule has 0 heterocycles. The van der Waals surface area contributed by atoms with Gasteiger partial charge in [0.2, 0.25) is 23.1 Å². The van der Waals surface area contributed by atoms with E-state index in [1.807, 2.05) is 18.2 Å². The molecule has 0 aliphatic heterocycles. The number of carbonyl (C=O) groups excluding carboxylic acids is 2. The quantitative estimate of drug-likeness (QED) is 0.757. The summed E-state index contributed by atoms with van der Waals surface area (Å²) in [6.07, 6.45) is 2.40. The fourth-order valence-corrected chi connectivity index (χ4v) is 2.84. The van der Waals surface area contributed by atoms with Crippen molar-refractivity contribution in [3.8, 4) is 0 Å². The van der Waals surface area contributed by atoms with Crippen molar-refractivity contribution >= 4 is 11.6 Å². The van der Waals surface area contributed by atoms with Crippen molar-refractivity contribution < 1.29 is 19.1 Å². The molecular formula is C19H22O4. The molecule has 23 heavy (non-hydrogen) atoms. The molecule has 0 N–H and O–H groups in total. The zero-order valence-electron chi connectivity index (χ0n) is 14.1. The van der Waals surface area contributed by atoms with Crippen LogP contribution in [-0.2, 0) is 31.9 Å². The molecule has 0 fully saturated rings. The minimum absolute atomic E-state index is 0.00827. The molecule has 0 atom stereocenters. The van der Waals surface area contributed by atoms with Crippen LogP contribution in [0, 0.1) is 0 Å². The third-order valence-corrected chi connectivity index (χ3v) is 4.10. The lowest BCUT2D eigenvalue weighted by Gasteiger charge is -2.21. The number of hydrogen-bond donors (Lipinski definition) is 0. The number of hydrogen-bond acceptors (Lipinski definition) is 4. The van der Waals surface area contributed by atoms with E-state index >= 15 is 0 Å². The number of benzene rings is 1. The van der Waals surface area contributed by atoms with Gasteiger partial charge in [-0.05, 0) is 24.5 Å². The largest absolute Gasteiger partial charge is 0.489 e. The predicted molar refractivity (Wildman–Crippen MR) is 87.9 cm³/mol. The first-order chi connectivity index (χ1) is 11.0. The van der Waals surface area contributed by atoms with Gasteiger partial charge in [0.05, 0.1) is 14.2 Å². The number of ether oxygens (including phenoxy) is 2. The molecule has 4 heteroatoms. The van der Waals surface area contributed by atoms with E-state index < -0.39 is 0 Å². The third-order valence-electron chi connectivity index (χ3n) is 4.10. The molecule has 1 aliphatic carbocycles. The lowest BCUT2D eigenvalue weighted by molar-refractivity contribution is -0.121. The smallest absolute Gasteiger partial charge is 0.228 e. The van der Waals surface area contributed by atoms with Gasteiger partial charge in [0.15, 0.2) is 0 Å². The number of ketones is 2. The van der Waals surface area contributed by atoms with E-state index in [2.05, 4.69) is 13.0 Å². The van der Waals surface area contributed by atoms with E-state index in [1.165, 1.54) is 19.8 Å². The molecule has 0 amide bonds. The number of rotatable bonds is 6. The molecule has 122 valence electrons. The standard InChI is InChI=1S/C19H22O4/c1-5-8-13-9-6-7-10-14(13)11-15-12(2)16(20)18(22-3)19(23-4)17(15)21/h6-7,9-10H,5,8,11H2,1-4H3. The first-order valence-corrected chi connectivity index (χ1v) is 7.73. The van der Waals surface area contributed by atoms with Crippen LogP contribution < -0.4 is 0 Å². The molecule has 0 aromatic heterocycles. The average molecular weight is 314 g/mol. The van der Waals surface area contributed by atoms with Crippen molar-refractivity contribution in [2.24, 2.45) is 0 Å². The second-order valence-electron chi connectivity index (χ2n) is 5.52. The molecule has 0 unspecified atom stereocenters. The zero-order valence-corrected chi connectivity index (χ0v) is 14.1. The van der Waals surface area contributed by atoms with E-state index in [0.717, 1.165) is 18.4 Å². The van der Waals surface area contributed by atoms with E-state index in [1.54, 1.807) is 6.92 Å². The highest BCUT2D eigenvalue weighted by Gasteiger charge is 2.34. The minimum Gasteiger partial charge on any atom is -0.489 e. The van der Waals surface area contributed by atoms with Gasteiger partial charge in [-0.15, -0.1) is 0 Å². The van der Waals surface area contributed by atoms with Crippen LogP contribution in [0.25, 0.3) is 0 Å². The molecular weight excluding hydrogens is 292 g/mol. The molecule has 1 aliphatic rings. The fourth-order valence-electron chi connectivity index (χ4n) is 2.84. The summed E-state index contributed by atoms with van der Waals surface area (Å²) in [5.74, 6) is -0.577. The van der Waals surface area contributed by atoms with Crippen molar-refractivity contribution in [3.63, 3.8) is 0 Å². The van der Waals surface area contributed by atoms with Gasteiger partial charge in [-0.25, -0.2) is 0 Å². The van der Waals surface area contributed by atoms with E-state index in [4.69, 9.17) is 9.47 Å². The average Bonchev–Trinajstić information content (AvgIpc) is 2.56. The first kappa shape index (κ1) is 17.0. The van der Waals surface area contributed by atoms with Crippen LogP contribution in [-0.4, -0.2) is 25.8 Å². The van der Waals surface area contributed by atoms with Crippen molar-refractivity contribution in [2.75, 3.05) is 14.2 Å². The molecule has 0 spiro atoms. The maximum absolute atomic E-state index is 12.7. The van der Waals surface area contributed by atoms with Crippen molar-refractivity contribution in [1.29, 1.82) is 0 Å².